The molecule has 1 aliphatic rings. The number of benzene rings is 1. The first-order valence-electron chi connectivity index (χ1n) is 7.88. The summed E-state index contributed by atoms with van der Waals surface area (Å²) in [6, 6.07) is 6.02. The van der Waals surface area contributed by atoms with Crippen LogP contribution in [0.3, 0.4) is 0 Å². The zero-order valence-electron chi connectivity index (χ0n) is 13.1. The van der Waals surface area contributed by atoms with E-state index in [9.17, 15) is 4.79 Å². The highest BCUT2D eigenvalue weighted by Crippen LogP contribution is 2.36. The van der Waals surface area contributed by atoms with Crippen LogP contribution in [0.1, 0.15) is 48.3 Å². The van der Waals surface area contributed by atoms with Gasteiger partial charge in [0.1, 0.15) is 0 Å². The largest absolute Gasteiger partial charge is 0.465 e. The molecule has 1 atom stereocenters. The number of aryl methyl sites for hydroxylation is 1. The Morgan fingerprint density at radius 3 is 2.95 bits per heavy atom. The molecule has 0 saturated carbocycles. The molecule has 0 radical (unpaired) electrons. The van der Waals surface area contributed by atoms with E-state index in [1.807, 2.05) is 12.1 Å². The summed E-state index contributed by atoms with van der Waals surface area (Å²) in [5, 5.41) is 1.24. The van der Waals surface area contributed by atoms with Gasteiger partial charge in [-0.2, -0.15) is 0 Å². The van der Waals surface area contributed by atoms with E-state index in [0.717, 1.165) is 37.2 Å². The van der Waals surface area contributed by atoms with Gasteiger partial charge in [0, 0.05) is 17.6 Å². The predicted octanol–water partition coefficient (Wildman–Crippen LogP) is 3.96. The van der Waals surface area contributed by atoms with Crippen LogP contribution in [0.5, 0.6) is 0 Å². The molecule has 0 spiro atoms. The minimum atomic E-state index is -0.235. The summed E-state index contributed by atoms with van der Waals surface area (Å²) in [6.07, 6.45) is 4.54. The Hall–Kier alpha value is -1.77. The fourth-order valence-electron chi connectivity index (χ4n) is 3.62. The minimum Gasteiger partial charge on any atom is -0.465 e. The number of fused-ring (bicyclic) bond motifs is 3. The van der Waals surface area contributed by atoms with Crippen LogP contribution in [0.2, 0.25) is 0 Å². The molecule has 3 rings (SSSR count). The molecule has 1 aliphatic carbocycles. The van der Waals surface area contributed by atoms with E-state index in [4.69, 9.17) is 4.74 Å². The van der Waals surface area contributed by atoms with E-state index in [2.05, 4.69) is 24.5 Å². The molecule has 0 saturated heterocycles. The van der Waals surface area contributed by atoms with E-state index in [1.54, 1.807) is 0 Å². The van der Waals surface area contributed by atoms with Crippen LogP contribution in [0, 0.1) is 5.92 Å². The van der Waals surface area contributed by atoms with E-state index >= 15 is 0 Å². The Morgan fingerprint density at radius 1 is 1.43 bits per heavy atom. The van der Waals surface area contributed by atoms with Crippen LogP contribution in [0.4, 0.5) is 0 Å². The van der Waals surface area contributed by atoms with E-state index in [-0.39, 0.29) is 5.97 Å². The maximum Gasteiger partial charge on any atom is 0.340 e. The maximum atomic E-state index is 12.1. The van der Waals surface area contributed by atoms with Crippen molar-refractivity contribution in [3.8, 4) is 0 Å². The van der Waals surface area contributed by atoms with Gasteiger partial charge >= 0.3 is 5.97 Å². The Kier molecular flexibility index (Phi) is 3.75. The van der Waals surface area contributed by atoms with Gasteiger partial charge in [0.05, 0.1) is 18.2 Å². The maximum absolute atomic E-state index is 12.1. The van der Waals surface area contributed by atoms with Crippen LogP contribution < -0.4 is 0 Å². The highest BCUT2D eigenvalue weighted by Gasteiger charge is 2.25. The lowest BCUT2D eigenvalue weighted by Gasteiger charge is -2.20. The number of rotatable bonds is 3. The monoisotopic (exact) mass is 285 g/mol. The lowest BCUT2D eigenvalue weighted by molar-refractivity contribution is 0.0602. The number of carbonyl (C=O) groups is 1. The van der Waals surface area contributed by atoms with Crippen molar-refractivity contribution in [2.45, 2.75) is 46.1 Å². The van der Waals surface area contributed by atoms with Crippen LogP contribution in [-0.4, -0.2) is 17.6 Å². The smallest absolute Gasteiger partial charge is 0.340 e. The summed E-state index contributed by atoms with van der Waals surface area (Å²) in [5.74, 6) is 0.487. The average Bonchev–Trinajstić information content (AvgIpc) is 2.81. The second-order valence-electron chi connectivity index (χ2n) is 6.12. The third kappa shape index (κ3) is 2.25. The summed E-state index contributed by atoms with van der Waals surface area (Å²) < 4.78 is 7.34. The van der Waals surface area contributed by atoms with Crippen LogP contribution in [0.15, 0.2) is 18.2 Å². The molecule has 2 aromatic rings. The molecule has 21 heavy (non-hydrogen) atoms. The number of hydrogen-bond donors (Lipinski definition) is 0. The van der Waals surface area contributed by atoms with Crippen molar-refractivity contribution in [1.29, 1.82) is 0 Å². The van der Waals surface area contributed by atoms with Crippen molar-refractivity contribution in [1.82, 2.24) is 4.57 Å². The summed E-state index contributed by atoms with van der Waals surface area (Å²) in [7, 11) is 1.45. The molecule has 0 fully saturated rings. The number of nitrogens with zero attached hydrogens (tertiary/aromatic N) is 1. The van der Waals surface area contributed by atoms with Crippen molar-refractivity contribution >= 4 is 16.9 Å². The predicted molar refractivity (Wildman–Crippen MR) is 84.8 cm³/mol. The van der Waals surface area contributed by atoms with Gasteiger partial charge in [-0.3, -0.25) is 0 Å². The molecule has 1 heterocycles. The highest BCUT2D eigenvalue weighted by molar-refractivity contribution is 6.04. The molecule has 1 unspecified atom stereocenters. The molecular formula is C18H23NO2. The lowest BCUT2D eigenvalue weighted by Crippen LogP contribution is -2.14. The molecule has 3 nitrogen and oxygen atoms in total. The highest BCUT2D eigenvalue weighted by atomic mass is 16.5. The molecule has 0 N–H and O–H groups in total. The standard InChI is InChI=1S/C18H23NO2/c1-4-10-19-16-9-8-12(2)11-15(16)13-6-5-7-14(17(13)19)18(20)21-3/h5-7,12H,4,8-11H2,1-3H3. The first-order valence-corrected chi connectivity index (χ1v) is 7.88. The molecule has 112 valence electrons. The zero-order valence-corrected chi connectivity index (χ0v) is 13.1. The fraction of sp³-hybridized carbons (Fsp3) is 0.500. The molecule has 1 aromatic heterocycles. The number of para-hydroxylation sites is 1. The van der Waals surface area contributed by atoms with Gasteiger partial charge in [0.2, 0.25) is 0 Å². The quantitative estimate of drug-likeness (QED) is 0.799. The summed E-state index contributed by atoms with van der Waals surface area (Å²) >= 11 is 0. The first kappa shape index (κ1) is 14.2. The average molecular weight is 285 g/mol. The Labute approximate surface area is 125 Å². The van der Waals surface area contributed by atoms with E-state index < -0.39 is 0 Å². The molecule has 0 aliphatic heterocycles. The number of methoxy groups -OCH3 is 1. The third-order valence-electron chi connectivity index (χ3n) is 4.58. The summed E-state index contributed by atoms with van der Waals surface area (Å²) in [5.41, 5.74) is 4.65. The van der Waals surface area contributed by atoms with Crippen molar-refractivity contribution in [3.63, 3.8) is 0 Å². The topological polar surface area (TPSA) is 31.2 Å². The molecule has 0 bridgehead atoms. The normalized spacial score (nSPS) is 17.8. The SMILES string of the molecule is CCCn1c2c(c3cccc(C(=O)OC)c31)CC(C)CC2. The molecule has 1 aromatic carbocycles. The third-order valence-corrected chi connectivity index (χ3v) is 4.58. The summed E-state index contributed by atoms with van der Waals surface area (Å²) in [6.45, 7) is 5.47. The summed E-state index contributed by atoms with van der Waals surface area (Å²) in [4.78, 5) is 12.1. The second kappa shape index (κ2) is 5.55. The van der Waals surface area contributed by atoms with E-state index in [0.29, 0.717) is 5.56 Å². The van der Waals surface area contributed by atoms with Gasteiger partial charge in [0.15, 0.2) is 0 Å². The van der Waals surface area contributed by atoms with Crippen molar-refractivity contribution < 1.29 is 9.53 Å². The molecule has 3 heteroatoms. The van der Waals surface area contributed by atoms with Gasteiger partial charge in [-0.25, -0.2) is 4.79 Å². The van der Waals surface area contributed by atoms with Gasteiger partial charge < -0.3 is 9.30 Å². The molecule has 0 amide bonds. The van der Waals surface area contributed by atoms with Crippen molar-refractivity contribution in [2.75, 3.05) is 7.11 Å². The van der Waals surface area contributed by atoms with Crippen LogP contribution in [-0.2, 0) is 24.1 Å². The van der Waals surface area contributed by atoms with Crippen LogP contribution >= 0.6 is 0 Å². The van der Waals surface area contributed by atoms with Crippen molar-refractivity contribution in [2.24, 2.45) is 5.92 Å². The Balaban J connectivity index is 2.31. The van der Waals surface area contributed by atoms with Crippen molar-refractivity contribution in [3.05, 3.63) is 35.0 Å². The number of hydrogen-bond acceptors (Lipinski definition) is 2. The lowest BCUT2D eigenvalue weighted by atomic mass is 9.87. The number of esters is 1. The Bertz CT molecular complexity index is 684. The zero-order chi connectivity index (χ0) is 15.0. The van der Waals surface area contributed by atoms with Gasteiger partial charge in [-0.05, 0) is 43.2 Å². The van der Waals surface area contributed by atoms with Gasteiger partial charge in [-0.15, -0.1) is 0 Å². The number of aromatic nitrogens is 1. The number of ether oxygens (including phenoxy) is 1. The molecular weight excluding hydrogens is 262 g/mol. The fourth-order valence-corrected chi connectivity index (χ4v) is 3.62. The van der Waals surface area contributed by atoms with Crippen LogP contribution in [0.25, 0.3) is 10.9 Å². The minimum absolute atomic E-state index is 0.235. The first-order chi connectivity index (χ1) is 10.2. The Morgan fingerprint density at radius 2 is 2.24 bits per heavy atom. The van der Waals surface area contributed by atoms with Gasteiger partial charge in [-0.1, -0.05) is 26.0 Å². The second-order valence-corrected chi connectivity index (χ2v) is 6.12. The van der Waals surface area contributed by atoms with E-state index in [1.165, 1.54) is 30.2 Å². The van der Waals surface area contributed by atoms with Gasteiger partial charge in [0.25, 0.3) is 0 Å². The number of carbonyl (C=O) groups excluding carboxylic acids is 1.